The van der Waals surface area contributed by atoms with Gasteiger partial charge in [-0.15, -0.1) is 0 Å². The predicted molar refractivity (Wildman–Crippen MR) is 63.6 cm³/mol. The fraction of sp³-hybridized carbons (Fsp3) is 0. The van der Waals surface area contributed by atoms with E-state index in [0.717, 1.165) is 11.0 Å². The van der Waals surface area contributed by atoms with E-state index in [9.17, 15) is 4.79 Å². The number of fused-ring (bicyclic) bond motifs is 1. The fourth-order valence-corrected chi connectivity index (χ4v) is 1.70. The Morgan fingerprint density at radius 2 is 1.94 bits per heavy atom. The van der Waals surface area contributed by atoms with Crippen molar-refractivity contribution in [3.63, 3.8) is 0 Å². The van der Waals surface area contributed by atoms with Crippen molar-refractivity contribution in [2.45, 2.75) is 0 Å². The molecule has 6 nitrogen and oxygen atoms in total. The van der Waals surface area contributed by atoms with Gasteiger partial charge in [0.1, 0.15) is 6.33 Å². The summed E-state index contributed by atoms with van der Waals surface area (Å²) in [5, 5.41) is 8.76. The normalized spacial score (nSPS) is 10.7. The molecule has 0 radical (unpaired) electrons. The van der Waals surface area contributed by atoms with Gasteiger partial charge < -0.3 is 5.11 Å². The number of imidazole rings is 1. The van der Waals surface area contributed by atoms with Crippen LogP contribution in [0.2, 0.25) is 0 Å². The molecule has 0 atom stereocenters. The molecule has 0 aliphatic rings. The number of nitrogens with zero attached hydrogens (tertiary/aromatic N) is 4. The number of aromatic nitrogens is 4. The maximum atomic E-state index is 10.7. The van der Waals surface area contributed by atoms with E-state index in [1.807, 2.05) is 24.3 Å². The van der Waals surface area contributed by atoms with Gasteiger partial charge in [-0.1, -0.05) is 12.1 Å². The number of hydrogen-bond donors (Lipinski definition) is 1. The summed E-state index contributed by atoms with van der Waals surface area (Å²) in [7, 11) is 0. The van der Waals surface area contributed by atoms with Crippen molar-refractivity contribution in [1.29, 1.82) is 0 Å². The van der Waals surface area contributed by atoms with Crippen LogP contribution in [-0.4, -0.2) is 30.6 Å². The molecule has 0 unspecified atom stereocenters. The van der Waals surface area contributed by atoms with Crippen molar-refractivity contribution >= 4 is 17.0 Å². The van der Waals surface area contributed by atoms with Crippen molar-refractivity contribution < 1.29 is 9.90 Å². The van der Waals surface area contributed by atoms with Gasteiger partial charge in [0.05, 0.1) is 23.4 Å². The molecule has 3 aromatic rings. The first kappa shape index (κ1) is 10.4. The lowest BCUT2D eigenvalue weighted by Gasteiger charge is -2.02. The molecule has 18 heavy (non-hydrogen) atoms. The Morgan fingerprint density at radius 3 is 2.67 bits per heavy atom. The number of rotatable bonds is 2. The molecule has 0 saturated heterocycles. The molecule has 0 bridgehead atoms. The maximum absolute atomic E-state index is 10.7. The summed E-state index contributed by atoms with van der Waals surface area (Å²) in [4.78, 5) is 22.8. The van der Waals surface area contributed by atoms with Crippen LogP contribution in [0, 0.1) is 0 Å². The summed E-state index contributed by atoms with van der Waals surface area (Å²) in [6, 6.07) is 7.61. The van der Waals surface area contributed by atoms with E-state index in [2.05, 4.69) is 15.0 Å². The first-order valence-corrected chi connectivity index (χ1v) is 5.23. The molecule has 6 heteroatoms. The van der Waals surface area contributed by atoms with Gasteiger partial charge in [0.15, 0.2) is 11.5 Å². The minimum absolute atomic E-state index is 0.0804. The topological polar surface area (TPSA) is 80.9 Å². The van der Waals surface area contributed by atoms with Crippen LogP contribution in [0.3, 0.4) is 0 Å². The molecule has 2 heterocycles. The smallest absolute Gasteiger partial charge is 0.356 e. The van der Waals surface area contributed by atoms with Gasteiger partial charge in [-0.2, -0.15) is 0 Å². The van der Waals surface area contributed by atoms with Crippen molar-refractivity contribution in [1.82, 2.24) is 19.5 Å². The van der Waals surface area contributed by atoms with Crippen LogP contribution >= 0.6 is 0 Å². The first-order chi connectivity index (χ1) is 8.75. The van der Waals surface area contributed by atoms with E-state index in [-0.39, 0.29) is 5.69 Å². The Bertz CT molecular complexity index is 718. The first-order valence-electron chi connectivity index (χ1n) is 5.23. The molecule has 2 aromatic heterocycles. The van der Waals surface area contributed by atoms with Gasteiger partial charge in [0.25, 0.3) is 0 Å². The maximum Gasteiger partial charge on any atom is 0.356 e. The molecule has 0 aliphatic carbocycles. The Kier molecular flexibility index (Phi) is 2.26. The van der Waals surface area contributed by atoms with Crippen molar-refractivity contribution in [2.75, 3.05) is 0 Å². The second kappa shape index (κ2) is 3.92. The minimum atomic E-state index is -1.09. The quantitative estimate of drug-likeness (QED) is 0.734. The van der Waals surface area contributed by atoms with Crippen LogP contribution in [0.25, 0.3) is 16.9 Å². The molecule has 88 valence electrons. The van der Waals surface area contributed by atoms with Crippen LogP contribution in [0.4, 0.5) is 0 Å². The van der Waals surface area contributed by atoms with Crippen molar-refractivity contribution in [2.24, 2.45) is 0 Å². The highest BCUT2D eigenvalue weighted by Crippen LogP contribution is 2.15. The molecule has 0 fully saturated rings. The Balaban J connectivity index is 2.12. The summed E-state index contributed by atoms with van der Waals surface area (Å²) >= 11 is 0. The van der Waals surface area contributed by atoms with E-state index in [0.29, 0.717) is 5.82 Å². The van der Waals surface area contributed by atoms with Crippen LogP contribution in [0.15, 0.2) is 43.0 Å². The van der Waals surface area contributed by atoms with Gasteiger partial charge in [-0.25, -0.2) is 19.7 Å². The van der Waals surface area contributed by atoms with Crippen LogP contribution in [-0.2, 0) is 0 Å². The van der Waals surface area contributed by atoms with Gasteiger partial charge in [-0.05, 0) is 12.1 Å². The Labute approximate surface area is 102 Å². The summed E-state index contributed by atoms with van der Waals surface area (Å²) in [5.41, 5.74) is 1.67. The molecule has 0 amide bonds. The highest BCUT2D eigenvalue weighted by atomic mass is 16.4. The Hall–Kier alpha value is -2.76. The third kappa shape index (κ3) is 1.60. The third-order valence-corrected chi connectivity index (χ3v) is 2.56. The molecule has 0 aliphatic heterocycles. The molecular weight excluding hydrogens is 232 g/mol. The Morgan fingerprint density at radius 1 is 1.11 bits per heavy atom. The zero-order valence-corrected chi connectivity index (χ0v) is 9.19. The number of carbonyl (C=O) groups is 1. The summed E-state index contributed by atoms with van der Waals surface area (Å²) < 4.78 is 1.76. The standard InChI is InChI=1S/C12H8N4O2/c17-12(18)9-5-14-11(6-13-9)16-7-15-8-3-1-2-4-10(8)16/h1-7H,(H,17,18). The van der Waals surface area contributed by atoms with Gasteiger partial charge >= 0.3 is 5.97 Å². The van der Waals surface area contributed by atoms with Crippen LogP contribution in [0.5, 0.6) is 0 Å². The SMILES string of the molecule is O=C(O)c1cnc(-n2cnc3ccccc32)cn1. The van der Waals surface area contributed by atoms with Crippen LogP contribution < -0.4 is 0 Å². The predicted octanol–water partition coefficient (Wildman–Crippen LogP) is 1.51. The van der Waals surface area contributed by atoms with E-state index < -0.39 is 5.97 Å². The van der Waals surface area contributed by atoms with E-state index in [1.165, 1.54) is 12.4 Å². The zero-order valence-electron chi connectivity index (χ0n) is 9.19. The zero-order chi connectivity index (χ0) is 12.5. The van der Waals surface area contributed by atoms with Gasteiger partial charge in [0.2, 0.25) is 0 Å². The highest BCUT2D eigenvalue weighted by Gasteiger charge is 2.08. The molecule has 0 saturated carbocycles. The highest BCUT2D eigenvalue weighted by molar-refractivity contribution is 5.85. The second-order valence-electron chi connectivity index (χ2n) is 3.67. The average Bonchev–Trinajstić information content (AvgIpc) is 2.82. The summed E-state index contributed by atoms with van der Waals surface area (Å²) in [6.45, 7) is 0. The monoisotopic (exact) mass is 240 g/mol. The number of para-hydroxylation sites is 2. The largest absolute Gasteiger partial charge is 0.476 e. The van der Waals surface area contributed by atoms with E-state index in [1.54, 1.807) is 10.9 Å². The number of benzene rings is 1. The van der Waals surface area contributed by atoms with E-state index in [4.69, 9.17) is 5.11 Å². The van der Waals surface area contributed by atoms with Crippen molar-refractivity contribution in [3.8, 4) is 5.82 Å². The summed E-state index contributed by atoms with van der Waals surface area (Å²) in [5.74, 6) is -0.557. The lowest BCUT2D eigenvalue weighted by Crippen LogP contribution is -2.04. The minimum Gasteiger partial charge on any atom is -0.476 e. The second-order valence-corrected chi connectivity index (χ2v) is 3.67. The number of carboxylic acid groups (broad SMARTS) is 1. The van der Waals surface area contributed by atoms with E-state index >= 15 is 0 Å². The number of hydrogen-bond acceptors (Lipinski definition) is 4. The average molecular weight is 240 g/mol. The number of aromatic carboxylic acids is 1. The molecule has 0 spiro atoms. The van der Waals surface area contributed by atoms with Crippen molar-refractivity contribution in [3.05, 3.63) is 48.7 Å². The van der Waals surface area contributed by atoms with Crippen LogP contribution in [0.1, 0.15) is 10.5 Å². The van der Waals surface area contributed by atoms with Gasteiger partial charge in [-0.3, -0.25) is 4.57 Å². The lowest BCUT2D eigenvalue weighted by molar-refractivity contribution is 0.0690. The molecule has 1 aromatic carbocycles. The molecular formula is C12H8N4O2. The third-order valence-electron chi connectivity index (χ3n) is 2.56. The van der Waals surface area contributed by atoms with Gasteiger partial charge in [0, 0.05) is 0 Å². The fourth-order valence-electron chi connectivity index (χ4n) is 1.70. The number of carboxylic acids is 1. The lowest BCUT2D eigenvalue weighted by atomic mass is 10.3. The molecule has 3 rings (SSSR count). The molecule has 1 N–H and O–H groups in total. The summed E-state index contributed by atoms with van der Waals surface area (Å²) in [6.07, 6.45) is 4.28.